The Morgan fingerprint density at radius 2 is 2.03 bits per heavy atom. The Labute approximate surface area is 190 Å². The third-order valence-corrected chi connectivity index (χ3v) is 8.01. The number of thioether (sulfide) groups is 1. The molecule has 1 saturated heterocycles. The number of rotatable bonds is 4. The molecule has 158 valence electrons. The fraction of sp³-hybridized carbons (Fsp3) is 0.292. The van der Waals surface area contributed by atoms with Crippen molar-refractivity contribution in [3.8, 4) is 16.2 Å². The van der Waals surface area contributed by atoms with Crippen LogP contribution in [0.2, 0.25) is 0 Å². The van der Waals surface area contributed by atoms with Gasteiger partial charge in [0.2, 0.25) is 0 Å². The second-order valence-corrected chi connectivity index (χ2v) is 10.00. The molecule has 4 heterocycles. The first-order chi connectivity index (χ1) is 15.3. The van der Waals surface area contributed by atoms with Crippen LogP contribution in [0.25, 0.3) is 10.4 Å². The van der Waals surface area contributed by atoms with Crippen molar-refractivity contribution >= 4 is 40.3 Å². The van der Waals surface area contributed by atoms with E-state index in [1.807, 2.05) is 0 Å². The molecule has 3 aliphatic rings. The van der Waals surface area contributed by atoms with Gasteiger partial charge in [0, 0.05) is 30.2 Å². The quantitative estimate of drug-likeness (QED) is 0.561. The van der Waals surface area contributed by atoms with Crippen LogP contribution in [0.1, 0.15) is 23.3 Å². The molecule has 7 heteroatoms. The number of nitrogens with one attached hydrogen (secondary N) is 2. The van der Waals surface area contributed by atoms with Crippen molar-refractivity contribution in [3.63, 3.8) is 0 Å². The van der Waals surface area contributed by atoms with Gasteiger partial charge in [-0.1, -0.05) is 30.0 Å². The summed E-state index contributed by atoms with van der Waals surface area (Å²) < 4.78 is 5.59. The first kappa shape index (κ1) is 19.1. The lowest BCUT2D eigenvalue weighted by atomic mass is 10.1. The lowest BCUT2D eigenvalue weighted by Crippen LogP contribution is -2.27. The minimum Gasteiger partial charge on any atom is -0.481 e. The Morgan fingerprint density at radius 3 is 2.97 bits per heavy atom. The van der Waals surface area contributed by atoms with Gasteiger partial charge in [-0.3, -0.25) is 0 Å². The third-order valence-electron chi connectivity index (χ3n) is 5.95. The number of hydrogen-bond acceptors (Lipinski definition) is 7. The maximum Gasteiger partial charge on any atom is 0.142 e. The monoisotopic (exact) mass is 448 g/mol. The van der Waals surface area contributed by atoms with Gasteiger partial charge in [0.15, 0.2) is 0 Å². The minimum atomic E-state index is 0.604. The minimum absolute atomic E-state index is 0.604. The highest BCUT2D eigenvalue weighted by molar-refractivity contribution is 7.99. The highest BCUT2D eigenvalue weighted by Gasteiger charge is 2.20. The van der Waals surface area contributed by atoms with E-state index in [0.29, 0.717) is 12.6 Å². The number of benzene rings is 2. The number of nitrogens with zero attached hydrogens (tertiary/aromatic N) is 2. The molecule has 0 radical (unpaired) electrons. The lowest BCUT2D eigenvalue weighted by molar-refractivity contribution is 0.397. The van der Waals surface area contributed by atoms with Crippen molar-refractivity contribution < 1.29 is 4.74 Å². The summed E-state index contributed by atoms with van der Waals surface area (Å²) in [5, 5.41) is 7.01. The van der Waals surface area contributed by atoms with E-state index in [4.69, 9.17) is 9.73 Å². The summed E-state index contributed by atoms with van der Waals surface area (Å²) in [5.74, 6) is 2.68. The standard InChI is InChI=1S/C24H24N4OS2/c1-2-9-28(8-1)18-5-3-4-17(11-18)21-12-19-23(31-21)24(27-14-26-19)25-13-16-6-7-20-22(10-16)30-15-29-20/h3-7,10-12,26H,1-2,8-9,13-15H2,(H,25,27). The Bertz CT molecular complexity index is 1150. The summed E-state index contributed by atoms with van der Waals surface area (Å²) in [7, 11) is 0. The largest absolute Gasteiger partial charge is 0.481 e. The molecule has 31 heavy (non-hydrogen) atoms. The van der Waals surface area contributed by atoms with Crippen molar-refractivity contribution in [1.29, 1.82) is 0 Å². The molecule has 0 saturated carbocycles. The van der Waals surface area contributed by atoms with Crippen molar-refractivity contribution in [3.05, 3.63) is 59.0 Å². The summed E-state index contributed by atoms with van der Waals surface area (Å²) in [4.78, 5) is 10.9. The Kier molecular flexibility index (Phi) is 5.00. The molecular formula is C24H24N4OS2. The van der Waals surface area contributed by atoms with Crippen LogP contribution in [0, 0.1) is 0 Å². The summed E-state index contributed by atoms with van der Waals surface area (Å²) in [5.41, 5.74) is 5.03. The van der Waals surface area contributed by atoms with Crippen molar-refractivity contribution in [2.24, 2.45) is 4.99 Å². The molecule has 0 aliphatic carbocycles. The van der Waals surface area contributed by atoms with E-state index in [2.05, 4.69) is 64.1 Å². The zero-order chi connectivity index (χ0) is 20.6. The molecule has 1 fully saturated rings. The van der Waals surface area contributed by atoms with E-state index in [0.717, 1.165) is 18.1 Å². The summed E-state index contributed by atoms with van der Waals surface area (Å²) in [6.07, 6.45) is 2.59. The van der Waals surface area contributed by atoms with Gasteiger partial charge in [0.25, 0.3) is 0 Å². The summed E-state index contributed by atoms with van der Waals surface area (Å²) in [6, 6.07) is 17.6. The summed E-state index contributed by atoms with van der Waals surface area (Å²) in [6.45, 7) is 3.69. The molecule has 3 aliphatic heterocycles. The molecule has 3 aromatic rings. The topological polar surface area (TPSA) is 48.9 Å². The van der Waals surface area contributed by atoms with E-state index in [-0.39, 0.29) is 0 Å². The van der Waals surface area contributed by atoms with E-state index in [9.17, 15) is 0 Å². The Balaban J connectivity index is 1.22. The molecule has 2 N–H and O–H groups in total. The van der Waals surface area contributed by atoms with E-state index in [1.54, 1.807) is 23.1 Å². The van der Waals surface area contributed by atoms with Gasteiger partial charge < -0.3 is 20.3 Å². The Morgan fingerprint density at radius 1 is 1.10 bits per heavy atom. The molecule has 5 nitrogen and oxygen atoms in total. The van der Waals surface area contributed by atoms with Crippen LogP contribution in [-0.2, 0) is 6.54 Å². The predicted octanol–water partition coefficient (Wildman–Crippen LogP) is 5.38. The van der Waals surface area contributed by atoms with E-state index in [1.165, 1.54) is 63.1 Å². The second-order valence-electron chi connectivity index (χ2n) is 7.98. The highest BCUT2D eigenvalue weighted by Crippen LogP contribution is 2.38. The number of ether oxygens (including phenoxy) is 1. The van der Waals surface area contributed by atoms with Crippen LogP contribution in [0.5, 0.6) is 5.75 Å². The first-order valence-electron chi connectivity index (χ1n) is 10.7. The number of anilines is 2. The fourth-order valence-corrected chi connectivity index (χ4v) is 6.25. The fourth-order valence-electron chi connectivity index (χ4n) is 4.32. The van der Waals surface area contributed by atoms with Crippen LogP contribution in [0.15, 0.2) is 58.4 Å². The average Bonchev–Trinajstić information content (AvgIpc) is 3.57. The van der Waals surface area contributed by atoms with Crippen molar-refractivity contribution in [2.75, 3.05) is 35.9 Å². The molecule has 0 unspecified atom stereocenters. The van der Waals surface area contributed by atoms with Gasteiger partial charge in [0.05, 0.1) is 15.5 Å². The smallest absolute Gasteiger partial charge is 0.142 e. The molecule has 0 bridgehead atoms. The molecular weight excluding hydrogens is 424 g/mol. The van der Waals surface area contributed by atoms with Gasteiger partial charge in [-0.25, -0.2) is 4.99 Å². The van der Waals surface area contributed by atoms with Crippen molar-refractivity contribution in [2.45, 2.75) is 24.3 Å². The van der Waals surface area contributed by atoms with Crippen LogP contribution < -0.4 is 20.3 Å². The number of hydrogen-bond donors (Lipinski definition) is 2. The zero-order valence-electron chi connectivity index (χ0n) is 17.2. The molecule has 0 atom stereocenters. The number of fused-ring (bicyclic) bond motifs is 2. The van der Waals surface area contributed by atoms with E-state index >= 15 is 0 Å². The maximum atomic E-state index is 5.59. The van der Waals surface area contributed by atoms with Crippen LogP contribution in [-0.4, -0.2) is 31.5 Å². The van der Waals surface area contributed by atoms with Gasteiger partial charge in [-0.05, 0) is 54.3 Å². The van der Waals surface area contributed by atoms with Crippen LogP contribution in [0.3, 0.4) is 0 Å². The molecule has 0 amide bonds. The third kappa shape index (κ3) is 3.77. The molecule has 6 rings (SSSR count). The number of thiophene rings is 1. The molecule has 2 aromatic carbocycles. The SMILES string of the molecule is c1cc(-c2cc3c(s2)C(NCc2ccc4c(c2)SCO4)=NCN3)cc(N2CCCC2)c1. The number of amidine groups is 1. The van der Waals surface area contributed by atoms with Gasteiger partial charge in [-0.2, -0.15) is 0 Å². The van der Waals surface area contributed by atoms with Gasteiger partial charge >= 0.3 is 0 Å². The lowest BCUT2D eigenvalue weighted by Gasteiger charge is -2.18. The van der Waals surface area contributed by atoms with Crippen molar-refractivity contribution in [1.82, 2.24) is 5.32 Å². The predicted molar refractivity (Wildman–Crippen MR) is 131 cm³/mol. The average molecular weight is 449 g/mol. The van der Waals surface area contributed by atoms with Crippen LogP contribution in [0.4, 0.5) is 11.4 Å². The highest BCUT2D eigenvalue weighted by atomic mass is 32.2. The molecule has 1 aromatic heterocycles. The van der Waals surface area contributed by atoms with E-state index < -0.39 is 0 Å². The first-order valence-corrected chi connectivity index (χ1v) is 12.5. The number of aliphatic imine (C=N–C) groups is 1. The second kappa shape index (κ2) is 8.13. The normalized spacial score (nSPS) is 16.9. The van der Waals surface area contributed by atoms with Crippen LogP contribution >= 0.6 is 23.1 Å². The maximum absolute atomic E-state index is 5.59. The molecule has 0 spiro atoms. The zero-order valence-corrected chi connectivity index (χ0v) is 18.8. The van der Waals surface area contributed by atoms with Gasteiger partial charge in [0.1, 0.15) is 24.2 Å². The van der Waals surface area contributed by atoms with Gasteiger partial charge in [-0.15, -0.1) is 11.3 Å². The summed E-state index contributed by atoms with van der Waals surface area (Å²) >= 11 is 3.56. The Hall–Kier alpha value is -2.64.